The lowest BCUT2D eigenvalue weighted by Crippen LogP contribution is -2.47. The summed E-state index contributed by atoms with van der Waals surface area (Å²) >= 11 is 1.58. The van der Waals surface area contributed by atoms with Crippen LogP contribution in [0.5, 0.6) is 0 Å². The Morgan fingerprint density at radius 2 is 1.84 bits per heavy atom. The third-order valence-corrected chi connectivity index (χ3v) is 8.41. The van der Waals surface area contributed by atoms with Gasteiger partial charge in [0.25, 0.3) is 0 Å². The largest absolute Gasteiger partial charge is 0.369 e. The Morgan fingerprint density at radius 3 is 2.59 bits per heavy atom. The van der Waals surface area contributed by atoms with Crippen LogP contribution in [0, 0.1) is 0 Å². The average Bonchev–Trinajstić information content (AvgIpc) is 2.93. The van der Waals surface area contributed by atoms with Gasteiger partial charge in [0.15, 0.2) is 0 Å². The number of hydrogen-bond acceptors (Lipinski definition) is 6. The van der Waals surface area contributed by atoms with Crippen LogP contribution in [0.15, 0.2) is 58.3 Å². The highest BCUT2D eigenvalue weighted by atomic mass is 32.2. The molecule has 4 rings (SSSR count). The van der Waals surface area contributed by atoms with Crippen molar-refractivity contribution in [3.63, 3.8) is 0 Å². The third kappa shape index (κ3) is 5.83. The number of piperazine rings is 1. The molecule has 2 aliphatic rings. The molecule has 9 heteroatoms. The molecule has 172 valence electrons. The molecule has 0 aromatic heterocycles. The van der Waals surface area contributed by atoms with Gasteiger partial charge in [-0.1, -0.05) is 25.1 Å². The molecule has 0 bridgehead atoms. The van der Waals surface area contributed by atoms with Crippen molar-refractivity contribution in [2.24, 2.45) is 0 Å². The van der Waals surface area contributed by atoms with Crippen molar-refractivity contribution in [1.29, 1.82) is 0 Å². The number of sulfonamides is 1. The number of carbonyl (C=O) groups is 1. The van der Waals surface area contributed by atoms with E-state index in [1.165, 1.54) is 5.69 Å². The van der Waals surface area contributed by atoms with E-state index in [0.29, 0.717) is 18.7 Å². The summed E-state index contributed by atoms with van der Waals surface area (Å²) in [5, 5.41) is 2.99. The fourth-order valence-electron chi connectivity index (χ4n) is 4.06. The van der Waals surface area contributed by atoms with Crippen LogP contribution in [0.25, 0.3) is 0 Å². The smallest absolute Gasteiger partial charge is 0.240 e. The first-order valence-electron chi connectivity index (χ1n) is 11.0. The number of rotatable bonds is 7. The molecule has 0 radical (unpaired) electrons. The van der Waals surface area contributed by atoms with Crippen LogP contribution in [-0.4, -0.2) is 63.7 Å². The van der Waals surface area contributed by atoms with E-state index < -0.39 is 10.0 Å². The van der Waals surface area contributed by atoms with Gasteiger partial charge in [0.05, 0.1) is 10.6 Å². The zero-order valence-corrected chi connectivity index (χ0v) is 19.9. The molecule has 1 saturated heterocycles. The molecule has 0 unspecified atom stereocenters. The van der Waals surface area contributed by atoms with E-state index in [0.717, 1.165) is 44.0 Å². The van der Waals surface area contributed by atoms with E-state index in [1.54, 1.807) is 30.0 Å². The molecule has 32 heavy (non-hydrogen) atoms. The molecule has 1 atom stereocenters. The van der Waals surface area contributed by atoms with Crippen LogP contribution in [-0.2, 0) is 14.8 Å². The van der Waals surface area contributed by atoms with Gasteiger partial charge in [-0.25, -0.2) is 13.1 Å². The Bertz CT molecular complexity index is 1040. The number of thioether (sulfide) groups is 1. The summed E-state index contributed by atoms with van der Waals surface area (Å²) in [5.41, 5.74) is 1.83. The minimum atomic E-state index is -3.62. The van der Waals surface area contributed by atoms with Crippen LogP contribution < -0.4 is 14.9 Å². The number of para-hydroxylation sites is 1. The topological polar surface area (TPSA) is 81.7 Å². The second-order valence-corrected chi connectivity index (χ2v) is 11.5. The van der Waals surface area contributed by atoms with E-state index in [-0.39, 0.29) is 16.1 Å². The summed E-state index contributed by atoms with van der Waals surface area (Å²) in [7, 11) is -3.62. The molecule has 2 aromatic rings. The van der Waals surface area contributed by atoms with Gasteiger partial charge in [-0.15, -0.1) is 11.8 Å². The van der Waals surface area contributed by atoms with Crippen molar-refractivity contribution in [2.45, 2.75) is 34.8 Å². The number of hydrogen-bond donors (Lipinski definition) is 2. The van der Waals surface area contributed by atoms with Gasteiger partial charge < -0.3 is 10.2 Å². The average molecular weight is 475 g/mol. The van der Waals surface area contributed by atoms with Crippen molar-refractivity contribution in [3.8, 4) is 0 Å². The molecule has 0 saturated carbocycles. The Morgan fingerprint density at radius 1 is 1.09 bits per heavy atom. The predicted molar refractivity (Wildman–Crippen MR) is 130 cm³/mol. The molecular formula is C23H30N4O3S2. The first-order valence-corrected chi connectivity index (χ1v) is 13.4. The molecule has 0 spiro atoms. The van der Waals surface area contributed by atoms with Crippen molar-refractivity contribution < 1.29 is 13.2 Å². The van der Waals surface area contributed by atoms with Crippen LogP contribution >= 0.6 is 11.8 Å². The number of benzene rings is 2. The first-order chi connectivity index (χ1) is 15.4. The van der Waals surface area contributed by atoms with Gasteiger partial charge in [-0.3, -0.25) is 9.69 Å². The van der Waals surface area contributed by atoms with Crippen molar-refractivity contribution >= 4 is 39.1 Å². The number of anilines is 2. The Labute approximate surface area is 194 Å². The highest BCUT2D eigenvalue weighted by molar-refractivity contribution is 8.00. The lowest BCUT2D eigenvalue weighted by atomic mass is 10.2. The van der Waals surface area contributed by atoms with Crippen molar-refractivity contribution in [3.05, 3.63) is 48.5 Å². The predicted octanol–water partition coefficient (Wildman–Crippen LogP) is 3.00. The molecule has 1 fully saturated rings. The summed E-state index contributed by atoms with van der Waals surface area (Å²) in [4.78, 5) is 17.8. The van der Waals surface area contributed by atoms with Gasteiger partial charge in [0.1, 0.15) is 0 Å². The lowest BCUT2D eigenvalue weighted by Gasteiger charge is -2.36. The standard InChI is InChI=1S/C23H30N4O3S2/c1-18-16-23(28)25-21-17-20(8-9-22(21)31-18)32(29,30)24-10-5-11-26-12-14-27(15-13-26)19-6-3-2-4-7-19/h2-4,6-9,17-18,24H,5,10-16H2,1H3,(H,25,28)/t18-/m0/s1. The molecule has 2 heterocycles. The summed E-state index contributed by atoms with van der Waals surface area (Å²) in [5.74, 6) is -0.0846. The molecule has 2 N–H and O–H groups in total. The van der Waals surface area contributed by atoms with Crippen LogP contribution in [0.1, 0.15) is 19.8 Å². The maximum Gasteiger partial charge on any atom is 0.240 e. The zero-order chi connectivity index (χ0) is 22.6. The molecule has 7 nitrogen and oxygen atoms in total. The van der Waals surface area contributed by atoms with Gasteiger partial charge in [-0.2, -0.15) is 0 Å². The number of fused-ring (bicyclic) bond motifs is 1. The number of nitrogens with zero attached hydrogens (tertiary/aromatic N) is 2. The second-order valence-electron chi connectivity index (χ2n) is 8.25. The van der Waals surface area contributed by atoms with Crippen LogP contribution in [0.3, 0.4) is 0 Å². The van der Waals surface area contributed by atoms with E-state index in [4.69, 9.17) is 0 Å². The van der Waals surface area contributed by atoms with Crippen LogP contribution in [0.2, 0.25) is 0 Å². The summed E-state index contributed by atoms with van der Waals surface area (Å²) < 4.78 is 28.2. The molecule has 2 aliphatic heterocycles. The van der Waals surface area contributed by atoms with Gasteiger partial charge in [0.2, 0.25) is 15.9 Å². The van der Waals surface area contributed by atoms with Crippen LogP contribution in [0.4, 0.5) is 11.4 Å². The van der Waals surface area contributed by atoms with Gasteiger partial charge >= 0.3 is 0 Å². The number of carbonyl (C=O) groups excluding carboxylic acids is 1. The quantitative estimate of drug-likeness (QED) is 0.601. The molecule has 2 aromatic carbocycles. The fraction of sp³-hybridized carbons (Fsp3) is 0.435. The molecule has 1 amide bonds. The second kappa shape index (κ2) is 10.2. The van der Waals surface area contributed by atoms with Gasteiger partial charge in [-0.05, 0) is 43.3 Å². The highest BCUT2D eigenvalue weighted by Crippen LogP contribution is 2.36. The summed E-state index contributed by atoms with van der Waals surface area (Å²) in [6.07, 6.45) is 1.17. The Hall–Kier alpha value is -2.07. The monoisotopic (exact) mass is 474 g/mol. The number of amides is 1. The summed E-state index contributed by atoms with van der Waals surface area (Å²) in [6, 6.07) is 15.4. The highest BCUT2D eigenvalue weighted by Gasteiger charge is 2.22. The normalized spacial score (nSPS) is 19.8. The van der Waals surface area contributed by atoms with Crippen molar-refractivity contribution in [1.82, 2.24) is 9.62 Å². The van der Waals surface area contributed by atoms with Crippen molar-refractivity contribution in [2.75, 3.05) is 49.5 Å². The molecule has 0 aliphatic carbocycles. The minimum absolute atomic E-state index is 0.0846. The van der Waals surface area contributed by atoms with E-state index in [2.05, 4.69) is 44.1 Å². The van der Waals surface area contributed by atoms with E-state index in [1.807, 2.05) is 13.0 Å². The third-order valence-electron chi connectivity index (χ3n) is 5.77. The number of nitrogens with one attached hydrogen (secondary N) is 2. The van der Waals surface area contributed by atoms with E-state index >= 15 is 0 Å². The van der Waals surface area contributed by atoms with E-state index in [9.17, 15) is 13.2 Å². The first kappa shape index (κ1) is 23.1. The minimum Gasteiger partial charge on any atom is -0.369 e. The summed E-state index contributed by atoms with van der Waals surface area (Å²) in [6.45, 7) is 7.15. The zero-order valence-electron chi connectivity index (χ0n) is 18.3. The Balaban J connectivity index is 1.25. The lowest BCUT2D eigenvalue weighted by molar-refractivity contribution is -0.116. The van der Waals surface area contributed by atoms with Gasteiger partial charge in [0, 0.05) is 55.0 Å². The maximum absolute atomic E-state index is 12.7. The maximum atomic E-state index is 12.7. The fourth-order valence-corrected chi connectivity index (χ4v) is 6.21. The molecular weight excluding hydrogens is 444 g/mol. The Kier molecular flexibility index (Phi) is 7.40. The SMILES string of the molecule is C[C@H]1CC(=O)Nc2cc(S(=O)(=O)NCCCN3CCN(c4ccccc4)CC3)ccc2S1.